The lowest BCUT2D eigenvalue weighted by Crippen LogP contribution is -2.05. The van der Waals surface area contributed by atoms with E-state index in [4.69, 9.17) is 0 Å². The van der Waals surface area contributed by atoms with E-state index in [9.17, 15) is 4.79 Å². The lowest BCUT2D eigenvalue weighted by Gasteiger charge is -2.17. The molecule has 2 nitrogen and oxygen atoms in total. The molecule has 1 aromatic rings. The molecule has 0 amide bonds. The number of pyridine rings is 1. The summed E-state index contributed by atoms with van der Waals surface area (Å²) in [6.45, 7) is 0. The molecule has 1 unspecified atom stereocenters. The quantitative estimate of drug-likeness (QED) is 0.800. The molecule has 3 heteroatoms. The maximum Gasteiger partial charge on any atom is 0.160 e. The standard InChI is InChI=1S/C14H15NOS/c16-12-9-13(11-6-2-1-5-10(11)12)17-14-7-3-4-8-15-14/h3-4,7-8,13H,1-2,5-6,9H2. The van der Waals surface area contributed by atoms with Crippen LogP contribution in [0.1, 0.15) is 32.1 Å². The van der Waals surface area contributed by atoms with Crippen molar-refractivity contribution in [2.24, 2.45) is 0 Å². The van der Waals surface area contributed by atoms with Gasteiger partial charge in [0.05, 0.1) is 5.03 Å². The molecule has 0 aliphatic heterocycles. The first-order valence-electron chi connectivity index (χ1n) is 6.17. The van der Waals surface area contributed by atoms with Crippen molar-refractivity contribution in [3.8, 4) is 0 Å². The topological polar surface area (TPSA) is 30.0 Å². The molecule has 0 saturated heterocycles. The fourth-order valence-electron chi connectivity index (χ4n) is 2.69. The number of ketones is 1. The van der Waals surface area contributed by atoms with Crippen molar-refractivity contribution in [1.82, 2.24) is 4.98 Å². The Hall–Kier alpha value is -1.09. The van der Waals surface area contributed by atoms with Gasteiger partial charge in [0.2, 0.25) is 0 Å². The smallest absolute Gasteiger partial charge is 0.160 e. The van der Waals surface area contributed by atoms with E-state index in [1.54, 1.807) is 11.8 Å². The van der Waals surface area contributed by atoms with Gasteiger partial charge in [-0.1, -0.05) is 17.8 Å². The molecular weight excluding hydrogens is 230 g/mol. The summed E-state index contributed by atoms with van der Waals surface area (Å²) in [7, 11) is 0. The molecule has 88 valence electrons. The van der Waals surface area contributed by atoms with Gasteiger partial charge in [-0.25, -0.2) is 4.98 Å². The highest BCUT2D eigenvalue weighted by Gasteiger charge is 2.33. The van der Waals surface area contributed by atoms with E-state index in [0.717, 1.165) is 23.4 Å². The monoisotopic (exact) mass is 245 g/mol. The van der Waals surface area contributed by atoms with Gasteiger partial charge in [-0.15, -0.1) is 0 Å². The Bertz CT molecular complexity index is 466. The van der Waals surface area contributed by atoms with E-state index in [0.29, 0.717) is 17.5 Å². The van der Waals surface area contributed by atoms with Crippen molar-refractivity contribution in [2.75, 3.05) is 0 Å². The average molecular weight is 245 g/mol. The minimum atomic E-state index is 0.354. The van der Waals surface area contributed by atoms with E-state index in [-0.39, 0.29) is 0 Å². The fourth-order valence-corrected chi connectivity index (χ4v) is 3.90. The van der Waals surface area contributed by atoms with E-state index in [1.807, 2.05) is 24.4 Å². The summed E-state index contributed by atoms with van der Waals surface area (Å²) in [5.41, 5.74) is 2.56. The number of carbonyl (C=O) groups excluding carboxylic acids is 1. The number of hydrogen-bond acceptors (Lipinski definition) is 3. The number of rotatable bonds is 2. The minimum Gasteiger partial charge on any atom is -0.294 e. The van der Waals surface area contributed by atoms with E-state index in [2.05, 4.69) is 4.98 Å². The summed E-state index contributed by atoms with van der Waals surface area (Å²) in [4.78, 5) is 16.3. The molecule has 2 aliphatic carbocycles. The van der Waals surface area contributed by atoms with Crippen LogP contribution in [-0.2, 0) is 4.79 Å². The maximum absolute atomic E-state index is 11.9. The molecule has 17 heavy (non-hydrogen) atoms. The van der Waals surface area contributed by atoms with Gasteiger partial charge < -0.3 is 0 Å². The molecule has 0 N–H and O–H groups in total. The van der Waals surface area contributed by atoms with E-state index < -0.39 is 0 Å². The molecule has 1 aromatic heterocycles. The number of thioether (sulfide) groups is 1. The lowest BCUT2D eigenvalue weighted by molar-refractivity contribution is -0.115. The van der Waals surface area contributed by atoms with Crippen LogP contribution < -0.4 is 0 Å². The Morgan fingerprint density at radius 2 is 2.12 bits per heavy atom. The number of nitrogens with zero attached hydrogens (tertiary/aromatic N) is 1. The van der Waals surface area contributed by atoms with E-state index in [1.165, 1.54) is 18.4 Å². The summed E-state index contributed by atoms with van der Waals surface area (Å²) < 4.78 is 0. The Morgan fingerprint density at radius 1 is 1.24 bits per heavy atom. The first kappa shape index (κ1) is 11.0. The van der Waals surface area contributed by atoms with Gasteiger partial charge in [0.15, 0.2) is 5.78 Å². The third-order valence-electron chi connectivity index (χ3n) is 3.51. The second-order valence-electron chi connectivity index (χ2n) is 4.61. The average Bonchev–Trinajstić information content (AvgIpc) is 2.69. The van der Waals surface area contributed by atoms with Crippen LogP contribution in [0.2, 0.25) is 0 Å². The zero-order chi connectivity index (χ0) is 11.7. The molecule has 0 bridgehead atoms. The predicted molar refractivity (Wildman–Crippen MR) is 69.0 cm³/mol. The van der Waals surface area contributed by atoms with Gasteiger partial charge in [0, 0.05) is 17.9 Å². The first-order valence-corrected chi connectivity index (χ1v) is 7.05. The molecular formula is C14H15NOS. The highest BCUT2D eigenvalue weighted by atomic mass is 32.2. The Kier molecular flexibility index (Phi) is 3.02. The molecule has 0 radical (unpaired) electrons. The van der Waals surface area contributed by atoms with Crippen LogP contribution in [0.4, 0.5) is 0 Å². The summed E-state index contributed by atoms with van der Waals surface area (Å²) in [5.74, 6) is 0.383. The normalized spacial score (nSPS) is 24.0. The number of allylic oxidation sites excluding steroid dienone is 1. The van der Waals surface area contributed by atoms with Crippen LogP contribution in [0.5, 0.6) is 0 Å². The first-order chi connectivity index (χ1) is 8.34. The number of hydrogen-bond donors (Lipinski definition) is 0. The summed E-state index contributed by atoms with van der Waals surface area (Å²) in [6, 6.07) is 5.95. The largest absolute Gasteiger partial charge is 0.294 e. The zero-order valence-electron chi connectivity index (χ0n) is 9.69. The highest BCUT2D eigenvalue weighted by molar-refractivity contribution is 8.00. The van der Waals surface area contributed by atoms with Crippen LogP contribution in [0.25, 0.3) is 0 Å². The van der Waals surface area contributed by atoms with Gasteiger partial charge >= 0.3 is 0 Å². The van der Waals surface area contributed by atoms with Gasteiger partial charge in [-0.05, 0) is 49.0 Å². The molecule has 1 heterocycles. The molecule has 0 fully saturated rings. The molecule has 0 saturated carbocycles. The van der Waals surface area contributed by atoms with Crippen LogP contribution >= 0.6 is 11.8 Å². The second kappa shape index (κ2) is 4.65. The van der Waals surface area contributed by atoms with Crippen molar-refractivity contribution in [2.45, 2.75) is 42.4 Å². The van der Waals surface area contributed by atoms with Crippen molar-refractivity contribution >= 4 is 17.5 Å². The van der Waals surface area contributed by atoms with Gasteiger partial charge in [-0.3, -0.25) is 4.79 Å². The fraction of sp³-hybridized carbons (Fsp3) is 0.429. The molecule has 1 atom stereocenters. The van der Waals surface area contributed by atoms with Gasteiger partial charge in [0.1, 0.15) is 0 Å². The number of aromatic nitrogens is 1. The van der Waals surface area contributed by atoms with Crippen molar-refractivity contribution in [1.29, 1.82) is 0 Å². The third kappa shape index (κ3) is 2.16. The van der Waals surface area contributed by atoms with Crippen molar-refractivity contribution in [3.63, 3.8) is 0 Å². The van der Waals surface area contributed by atoms with Crippen LogP contribution in [0.15, 0.2) is 40.6 Å². The molecule has 0 aromatic carbocycles. The van der Waals surface area contributed by atoms with Crippen LogP contribution in [0, 0.1) is 0 Å². The number of Topliss-reactive ketones (excluding diaryl/α,β-unsaturated/α-hetero) is 1. The lowest BCUT2D eigenvalue weighted by atomic mass is 9.94. The SMILES string of the molecule is O=C1CC(Sc2ccccn2)C2=C1CCCC2. The second-order valence-corrected chi connectivity index (χ2v) is 5.84. The highest BCUT2D eigenvalue weighted by Crippen LogP contribution is 2.42. The van der Waals surface area contributed by atoms with Crippen molar-refractivity contribution < 1.29 is 4.79 Å². The summed E-state index contributed by atoms with van der Waals surface area (Å²) in [6.07, 6.45) is 7.05. The minimum absolute atomic E-state index is 0.354. The Morgan fingerprint density at radius 3 is 2.94 bits per heavy atom. The Labute approximate surface area is 106 Å². The van der Waals surface area contributed by atoms with Crippen LogP contribution in [0.3, 0.4) is 0 Å². The zero-order valence-corrected chi connectivity index (χ0v) is 10.5. The predicted octanol–water partition coefficient (Wildman–Crippen LogP) is 3.39. The number of carbonyl (C=O) groups is 1. The summed E-state index contributed by atoms with van der Waals surface area (Å²) >= 11 is 1.75. The van der Waals surface area contributed by atoms with E-state index >= 15 is 0 Å². The van der Waals surface area contributed by atoms with Crippen molar-refractivity contribution in [3.05, 3.63) is 35.5 Å². The van der Waals surface area contributed by atoms with Gasteiger partial charge in [0.25, 0.3) is 0 Å². The molecule has 2 aliphatic rings. The summed E-state index contributed by atoms with van der Waals surface area (Å²) in [5, 5.41) is 1.39. The molecule has 3 rings (SSSR count). The molecule has 0 spiro atoms. The maximum atomic E-state index is 11.9. The van der Waals surface area contributed by atoms with Crippen LogP contribution in [-0.4, -0.2) is 16.0 Å². The van der Waals surface area contributed by atoms with Gasteiger partial charge in [-0.2, -0.15) is 0 Å². The Balaban J connectivity index is 1.81. The third-order valence-corrected chi connectivity index (χ3v) is 4.73.